The molecule has 0 aliphatic carbocycles. The number of rotatable bonds is 33. The molecule has 27 heteroatoms. The summed E-state index contributed by atoms with van der Waals surface area (Å²) in [6, 6.07) is 7.26. The molecule has 0 saturated carbocycles. The molecular weight excluding hydrogens is 1030 g/mol. The summed E-state index contributed by atoms with van der Waals surface area (Å²) in [5.74, 6) is -9.12. The van der Waals surface area contributed by atoms with E-state index in [9.17, 15) is 57.8 Å². The number of carboxylic acid groups (broad SMARTS) is 1. The Bertz CT molecular complexity index is 2460. The largest absolute Gasteiger partial charge is 0.548 e. The summed E-state index contributed by atoms with van der Waals surface area (Å²) in [6.07, 6.45) is 1.82. The molecule has 0 unspecified atom stereocenters. The fourth-order valence-corrected chi connectivity index (χ4v) is 9.39. The Morgan fingerprint density at radius 2 is 1.03 bits per heavy atom. The Morgan fingerprint density at radius 1 is 0.570 bits per heavy atom. The van der Waals surface area contributed by atoms with Gasteiger partial charge < -0.3 is 74.5 Å². The number of quaternary nitrogens is 2. The van der Waals surface area contributed by atoms with Crippen molar-refractivity contribution >= 4 is 71.0 Å². The van der Waals surface area contributed by atoms with Crippen molar-refractivity contribution in [1.82, 2.24) is 41.7 Å². The molecule has 10 amide bonds. The van der Waals surface area contributed by atoms with Crippen molar-refractivity contribution in [2.75, 3.05) is 32.7 Å². The van der Waals surface area contributed by atoms with Crippen molar-refractivity contribution in [3.8, 4) is 0 Å². The third kappa shape index (κ3) is 21.3. The second-order valence-electron chi connectivity index (χ2n) is 19.7. The van der Waals surface area contributed by atoms with Gasteiger partial charge in [0.25, 0.3) is 5.91 Å². The standard InChI is InChI=1S/C52H77N15O12/c53-24-8-7-17-36(63-49(77)39-18-10-26-66(39)50(78)33(54)16-9-25-59-52(57)58)51(79)67-27-11-19-40(67)48(76)62-35(21-23-42(56)69)45(73)61-34(20-22-41(55)68)46(74)65-38(29-32-14-5-2-6-15-32)47(75)64-37(44(72)60-30-43(70)71)28-31-12-3-1-4-13-31/h1-6,12-15,33-40H,7-11,16-30,53-54H2,(H2,55,68)(H2,56,69)(H,60,72)(H,61,73)(H,62,76)(H,63,77)(H,64,75)(H,65,74)(H,70,71)(H4,57,58,59)/p+2/t33-,34-,35-,36-,37-,38-,39-,40-/m0/s1. The van der Waals surface area contributed by atoms with Gasteiger partial charge in [-0.25, -0.2) is 0 Å². The Balaban J connectivity index is 1.54. The van der Waals surface area contributed by atoms with E-state index in [2.05, 4.69) is 48.4 Å². The van der Waals surface area contributed by atoms with Crippen LogP contribution in [0.15, 0.2) is 60.7 Å². The monoisotopic (exact) mass is 1110 g/mol. The number of benzene rings is 2. The summed E-state index contributed by atoms with van der Waals surface area (Å²) in [5.41, 5.74) is 30.9. The number of carbonyl (C=O) groups excluding carboxylic acids is 11. The van der Waals surface area contributed by atoms with Crippen LogP contribution < -0.4 is 76.4 Å². The molecule has 432 valence electrons. The highest BCUT2D eigenvalue weighted by atomic mass is 16.4. The molecule has 2 aliphatic heterocycles. The number of guanidine groups is 1. The Morgan fingerprint density at radius 3 is 1.51 bits per heavy atom. The minimum Gasteiger partial charge on any atom is -0.548 e. The molecule has 2 aromatic rings. The van der Waals surface area contributed by atoms with Gasteiger partial charge in [0.15, 0.2) is 6.04 Å². The van der Waals surface area contributed by atoms with Crippen LogP contribution in [0.2, 0.25) is 0 Å². The van der Waals surface area contributed by atoms with Gasteiger partial charge in [-0.2, -0.15) is 0 Å². The van der Waals surface area contributed by atoms with Crippen LogP contribution >= 0.6 is 0 Å². The maximum Gasteiger partial charge on any atom is 0.338 e. The second kappa shape index (κ2) is 32.5. The number of hydrogen-bond donors (Lipinski definition) is 13. The van der Waals surface area contributed by atoms with Gasteiger partial charge in [-0.15, -0.1) is 0 Å². The number of nitrogens with two attached hydrogens (primary N) is 4. The van der Waals surface area contributed by atoms with Crippen LogP contribution in [-0.4, -0.2) is 162 Å². The lowest BCUT2D eigenvalue weighted by molar-refractivity contribution is -0.463. The molecule has 79 heavy (non-hydrogen) atoms. The van der Waals surface area contributed by atoms with Crippen LogP contribution in [0.1, 0.15) is 94.6 Å². The fraction of sp³-hybridized carbons (Fsp3) is 0.538. The normalized spacial score (nSPS) is 17.1. The number of carboxylic acids is 1. The minimum absolute atomic E-state index is 0.0526. The Kier molecular flexibility index (Phi) is 26.1. The molecule has 4 rings (SSSR count). The van der Waals surface area contributed by atoms with Gasteiger partial charge >= 0.3 is 5.96 Å². The zero-order valence-electron chi connectivity index (χ0n) is 44.6. The molecule has 21 N–H and O–H groups in total. The van der Waals surface area contributed by atoms with Gasteiger partial charge in [-0.1, -0.05) is 60.7 Å². The van der Waals surface area contributed by atoms with Gasteiger partial charge in [-0.3, -0.25) is 64.4 Å². The van der Waals surface area contributed by atoms with E-state index in [1.807, 2.05) is 0 Å². The summed E-state index contributed by atoms with van der Waals surface area (Å²) in [5, 5.41) is 26.6. The number of amides is 10. The molecular formula is C52H79N15O12+2. The van der Waals surface area contributed by atoms with E-state index in [1.165, 1.54) is 9.80 Å². The lowest BCUT2D eigenvalue weighted by atomic mass is 10.0. The first kappa shape index (κ1) is 63.3. The van der Waals surface area contributed by atoms with E-state index in [1.54, 1.807) is 60.7 Å². The van der Waals surface area contributed by atoms with E-state index in [4.69, 9.17) is 22.9 Å². The van der Waals surface area contributed by atoms with Crippen molar-refractivity contribution in [3.63, 3.8) is 0 Å². The van der Waals surface area contributed by atoms with Gasteiger partial charge in [0.05, 0.1) is 25.6 Å². The predicted octanol–water partition coefficient (Wildman–Crippen LogP) is -8.57. The van der Waals surface area contributed by atoms with Crippen LogP contribution in [0.5, 0.6) is 0 Å². The highest BCUT2D eigenvalue weighted by molar-refractivity contribution is 5.98. The first-order chi connectivity index (χ1) is 37.7. The first-order valence-corrected chi connectivity index (χ1v) is 26.7. The quantitative estimate of drug-likeness (QED) is 0.0180. The summed E-state index contributed by atoms with van der Waals surface area (Å²) >= 11 is 0. The number of primary amides is 2. The number of carbonyl (C=O) groups is 11. The van der Waals surface area contributed by atoms with Crippen LogP contribution in [-0.2, 0) is 65.6 Å². The topological polar surface area (TPSA) is 463 Å². The Labute approximate surface area is 457 Å². The molecule has 2 fully saturated rings. The number of hydrogen-bond acceptors (Lipinski definition) is 12. The lowest BCUT2D eigenvalue weighted by Gasteiger charge is -2.31. The number of nitrogens with zero attached hydrogens (tertiary/aromatic N) is 2. The fourth-order valence-electron chi connectivity index (χ4n) is 9.39. The van der Waals surface area contributed by atoms with Crippen molar-refractivity contribution in [2.45, 2.75) is 145 Å². The molecule has 0 radical (unpaired) electrons. The van der Waals surface area contributed by atoms with Crippen LogP contribution in [0, 0.1) is 0 Å². The molecule has 2 saturated heterocycles. The van der Waals surface area contributed by atoms with Gasteiger partial charge in [0.2, 0.25) is 53.2 Å². The summed E-state index contributed by atoms with van der Waals surface area (Å²) in [6.45, 7) is 0.566. The van der Waals surface area contributed by atoms with Crippen LogP contribution in [0.3, 0.4) is 0 Å². The molecule has 2 aliphatic rings. The molecule has 8 atom stereocenters. The maximum absolute atomic E-state index is 14.5. The number of aliphatic carboxylic acids is 1. The van der Waals surface area contributed by atoms with E-state index in [0.717, 1.165) is 0 Å². The summed E-state index contributed by atoms with van der Waals surface area (Å²) in [4.78, 5) is 153. The Hall–Kier alpha value is -8.20. The molecule has 27 nitrogen and oxygen atoms in total. The average Bonchev–Trinajstić information content (AvgIpc) is 4.13. The zero-order valence-corrected chi connectivity index (χ0v) is 44.6. The zero-order chi connectivity index (χ0) is 58.0. The van der Waals surface area contributed by atoms with Gasteiger partial charge in [0.1, 0.15) is 42.3 Å². The number of unbranched alkanes of at least 4 members (excludes halogenated alkanes) is 1. The summed E-state index contributed by atoms with van der Waals surface area (Å²) in [7, 11) is 0. The summed E-state index contributed by atoms with van der Waals surface area (Å²) < 4.78 is 0. The number of likely N-dealkylation sites (tertiary alicyclic amines) is 2. The van der Waals surface area contributed by atoms with Crippen molar-refractivity contribution in [3.05, 3.63) is 71.8 Å². The van der Waals surface area contributed by atoms with Crippen molar-refractivity contribution in [1.29, 1.82) is 0 Å². The second-order valence-corrected chi connectivity index (χ2v) is 19.7. The van der Waals surface area contributed by atoms with Crippen LogP contribution in [0.4, 0.5) is 0 Å². The van der Waals surface area contributed by atoms with E-state index >= 15 is 0 Å². The van der Waals surface area contributed by atoms with Gasteiger partial charge in [0, 0.05) is 45.2 Å². The van der Waals surface area contributed by atoms with Gasteiger partial charge in [-0.05, 0) is 75.3 Å². The highest BCUT2D eigenvalue weighted by Gasteiger charge is 2.42. The molecule has 0 spiro atoms. The van der Waals surface area contributed by atoms with Crippen molar-refractivity contribution < 1.29 is 74.3 Å². The SMILES string of the molecule is NC(=O)CC[C@H](NC(=O)[C@H](CCC(N)=O)NC(=O)[C@@H]1CCCN1C(=O)[C@H](CCCC[NH3+])NC(=O)[C@@H]1CCCN1C(=O)[C@@H]([NH3+])CCC[NH+]=C(N)N)C(=O)N[C@@H](Cc1ccccc1)C(=O)N[C@@H](Cc1ccccc1)C(=O)NCC(=O)[O-]. The van der Waals surface area contributed by atoms with E-state index in [-0.39, 0.29) is 50.5 Å². The third-order valence-electron chi connectivity index (χ3n) is 13.6. The third-order valence-corrected chi connectivity index (χ3v) is 13.6. The van der Waals surface area contributed by atoms with Crippen LogP contribution in [0.25, 0.3) is 0 Å². The van der Waals surface area contributed by atoms with E-state index in [0.29, 0.717) is 75.7 Å². The lowest BCUT2D eigenvalue weighted by Crippen LogP contribution is -2.78. The smallest absolute Gasteiger partial charge is 0.338 e. The first-order valence-electron chi connectivity index (χ1n) is 26.7. The number of nitrogens with one attached hydrogen (secondary N) is 7. The molecule has 2 aromatic carbocycles. The van der Waals surface area contributed by atoms with Crippen molar-refractivity contribution in [2.24, 2.45) is 22.9 Å². The predicted molar refractivity (Wildman–Crippen MR) is 281 cm³/mol. The molecule has 0 aromatic heterocycles. The maximum atomic E-state index is 14.5. The minimum atomic E-state index is -1.60. The van der Waals surface area contributed by atoms with E-state index < -0.39 is 133 Å². The molecule has 2 heterocycles. The highest BCUT2D eigenvalue weighted by Crippen LogP contribution is 2.23. The average molecular weight is 1110 g/mol. The molecule has 0 bridgehead atoms.